The van der Waals surface area contributed by atoms with Crippen molar-refractivity contribution in [3.8, 4) is 17.1 Å². The van der Waals surface area contributed by atoms with E-state index in [1.165, 1.54) is 0 Å². The second-order valence-corrected chi connectivity index (χ2v) is 6.51. The summed E-state index contributed by atoms with van der Waals surface area (Å²) < 4.78 is 6.73. The number of benzene rings is 1. The van der Waals surface area contributed by atoms with E-state index in [0.717, 1.165) is 11.3 Å². The fourth-order valence-electron chi connectivity index (χ4n) is 2.48. The highest BCUT2D eigenvalue weighted by Gasteiger charge is 2.14. The van der Waals surface area contributed by atoms with E-state index in [1.54, 1.807) is 47.6 Å². The molecule has 4 rings (SSSR count). The van der Waals surface area contributed by atoms with E-state index in [4.69, 9.17) is 27.7 Å². The third-order valence-electron chi connectivity index (χ3n) is 3.82. The first-order valence-electron chi connectivity index (χ1n) is 8.16. The van der Waals surface area contributed by atoms with Crippen LogP contribution in [0.1, 0.15) is 11.3 Å². The molecule has 10 heteroatoms. The van der Waals surface area contributed by atoms with Crippen LogP contribution >= 0.6 is 23.2 Å². The molecule has 0 saturated heterocycles. The van der Waals surface area contributed by atoms with Gasteiger partial charge in [-0.05, 0) is 37.3 Å². The number of anilines is 1. The lowest BCUT2D eigenvalue weighted by Crippen LogP contribution is -1.96. The maximum atomic E-state index is 6.46. The van der Waals surface area contributed by atoms with Gasteiger partial charge in [0.1, 0.15) is 5.15 Å². The average Bonchev–Trinajstić information content (AvgIpc) is 3.28. The molecule has 3 aromatic heterocycles. The minimum atomic E-state index is 0.152. The third kappa shape index (κ3) is 3.73. The molecule has 0 saturated carbocycles. The van der Waals surface area contributed by atoms with Gasteiger partial charge in [-0.15, -0.1) is 0 Å². The Morgan fingerprint density at radius 3 is 2.79 bits per heavy atom. The first-order valence-corrected chi connectivity index (χ1v) is 8.91. The number of nitrogens with one attached hydrogen (secondary N) is 1. The molecule has 0 bridgehead atoms. The number of hydrogen-bond donors (Lipinski definition) is 1. The highest BCUT2D eigenvalue weighted by molar-refractivity contribution is 6.32. The lowest BCUT2D eigenvalue weighted by Gasteiger charge is -2.03. The Morgan fingerprint density at radius 2 is 2.00 bits per heavy atom. The van der Waals surface area contributed by atoms with Crippen LogP contribution in [-0.2, 0) is 0 Å². The molecule has 0 atom stereocenters. The van der Waals surface area contributed by atoms with Gasteiger partial charge in [-0.1, -0.05) is 34.4 Å². The summed E-state index contributed by atoms with van der Waals surface area (Å²) in [5.74, 6) is 0.433. The van der Waals surface area contributed by atoms with Crippen molar-refractivity contribution in [2.75, 3.05) is 5.43 Å². The van der Waals surface area contributed by atoms with Crippen molar-refractivity contribution in [2.24, 2.45) is 5.10 Å². The summed E-state index contributed by atoms with van der Waals surface area (Å²) in [6, 6.07) is 11.0. The van der Waals surface area contributed by atoms with Crippen molar-refractivity contribution in [2.45, 2.75) is 6.92 Å². The number of rotatable bonds is 5. The standard InChI is InChI=1S/C18H13Cl2N7O/c1-11-15(16(20)27(25-11)14-4-2-3-13(19)9-14)10-22-24-18-23-17(26-28-18)12-5-7-21-8-6-12/h2-10H,1H3,(H,23,24,26)/b22-10+. The zero-order chi connectivity index (χ0) is 19.5. The molecule has 0 aliphatic carbocycles. The van der Waals surface area contributed by atoms with Crippen molar-refractivity contribution in [1.29, 1.82) is 0 Å². The fourth-order valence-corrected chi connectivity index (χ4v) is 2.98. The molecule has 28 heavy (non-hydrogen) atoms. The molecule has 4 aromatic rings. The number of nitrogens with zero attached hydrogens (tertiary/aromatic N) is 6. The Kier molecular flexibility index (Phi) is 5.05. The van der Waals surface area contributed by atoms with Crippen molar-refractivity contribution in [1.82, 2.24) is 24.9 Å². The molecule has 1 aromatic carbocycles. The Morgan fingerprint density at radius 1 is 1.18 bits per heavy atom. The highest BCUT2D eigenvalue weighted by Crippen LogP contribution is 2.24. The number of halogens is 2. The molecular weight excluding hydrogens is 401 g/mol. The lowest BCUT2D eigenvalue weighted by atomic mass is 10.3. The van der Waals surface area contributed by atoms with Gasteiger partial charge in [0.25, 0.3) is 0 Å². The quantitative estimate of drug-likeness (QED) is 0.385. The molecule has 140 valence electrons. The van der Waals surface area contributed by atoms with E-state index in [9.17, 15) is 0 Å². The van der Waals surface area contributed by atoms with E-state index < -0.39 is 0 Å². The number of aryl methyl sites for hydroxylation is 1. The third-order valence-corrected chi connectivity index (χ3v) is 4.42. The summed E-state index contributed by atoms with van der Waals surface area (Å²) >= 11 is 12.5. The van der Waals surface area contributed by atoms with Crippen LogP contribution in [0.5, 0.6) is 0 Å². The van der Waals surface area contributed by atoms with Crippen LogP contribution in [0.25, 0.3) is 17.1 Å². The number of hydrogen-bond acceptors (Lipinski definition) is 7. The minimum Gasteiger partial charge on any atom is -0.313 e. The lowest BCUT2D eigenvalue weighted by molar-refractivity contribution is 0.433. The van der Waals surface area contributed by atoms with E-state index in [0.29, 0.717) is 27.3 Å². The maximum absolute atomic E-state index is 6.46. The second kappa shape index (κ2) is 7.79. The van der Waals surface area contributed by atoms with E-state index >= 15 is 0 Å². The van der Waals surface area contributed by atoms with Gasteiger partial charge in [0.2, 0.25) is 5.82 Å². The first-order chi connectivity index (χ1) is 13.6. The van der Waals surface area contributed by atoms with Crippen LogP contribution in [0.2, 0.25) is 10.2 Å². The summed E-state index contributed by atoms with van der Waals surface area (Å²) in [5, 5.41) is 13.5. The van der Waals surface area contributed by atoms with Crippen LogP contribution in [0.3, 0.4) is 0 Å². The van der Waals surface area contributed by atoms with Crippen LogP contribution in [-0.4, -0.2) is 31.1 Å². The van der Waals surface area contributed by atoms with Crippen LogP contribution < -0.4 is 5.43 Å². The fraction of sp³-hybridized carbons (Fsp3) is 0.0556. The minimum absolute atomic E-state index is 0.152. The topological polar surface area (TPSA) is 94.0 Å². The Balaban J connectivity index is 1.52. The summed E-state index contributed by atoms with van der Waals surface area (Å²) in [7, 11) is 0. The summed E-state index contributed by atoms with van der Waals surface area (Å²) in [6.45, 7) is 1.84. The zero-order valence-corrected chi connectivity index (χ0v) is 16.1. The van der Waals surface area contributed by atoms with Gasteiger partial charge in [-0.25, -0.2) is 10.1 Å². The molecule has 0 fully saturated rings. The van der Waals surface area contributed by atoms with Crippen molar-refractivity contribution in [3.05, 3.63) is 70.2 Å². The average molecular weight is 414 g/mol. The summed E-state index contributed by atoms with van der Waals surface area (Å²) in [6.07, 6.45) is 4.85. The Hall–Kier alpha value is -3.23. The molecule has 0 radical (unpaired) electrons. The molecule has 0 aliphatic heterocycles. The Labute approximate surface area is 169 Å². The summed E-state index contributed by atoms with van der Waals surface area (Å²) in [4.78, 5) is 8.17. The van der Waals surface area contributed by atoms with Gasteiger partial charge < -0.3 is 4.52 Å². The predicted octanol–water partition coefficient (Wildman–Crippen LogP) is 4.38. The molecule has 1 N–H and O–H groups in total. The van der Waals surface area contributed by atoms with Gasteiger partial charge in [0.05, 0.1) is 23.2 Å². The van der Waals surface area contributed by atoms with Crippen LogP contribution in [0, 0.1) is 6.92 Å². The van der Waals surface area contributed by atoms with Gasteiger partial charge in [-0.2, -0.15) is 15.2 Å². The smallest absolute Gasteiger partial charge is 0.313 e. The number of aromatic nitrogens is 5. The van der Waals surface area contributed by atoms with Gasteiger partial charge >= 0.3 is 6.01 Å². The summed E-state index contributed by atoms with van der Waals surface area (Å²) in [5.41, 5.74) is 5.60. The van der Waals surface area contributed by atoms with E-state index in [2.05, 4.69) is 30.8 Å². The molecule has 0 spiro atoms. The molecular formula is C18H13Cl2N7O. The van der Waals surface area contributed by atoms with Gasteiger partial charge in [0, 0.05) is 23.0 Å². The molecule has 0 unspecified atom stereocenters. The van der Waals surface area contributed by atoms with Gasteiger partial charge in [0.15, 0.2) is 0 Å². The SMILES string of the molecule is Cc1nn(-c2cccc(Cl)c2)c(Cl)c1/C=N/Nc1nc(-c2ccncc2)no1. The monoisotopic (exact) mass is 413 g/mol. The molecule has 3 heterocycles. The second-order valence-electron chi connectivity index (χ2n) is 5.71. The van der Waals surface area contributed by atoms with E-state index in [-0.39, 0.29) is 6.01 Å². The highest BCUT2D eigenvalue weighted by atomic mass is 35.5. The Bertz CT molecular complexity index is 1140. The first kappa shape index (κ1) is 18.1. The van der Waals surface area contributed by atoms with Crippen LogP contribution in [0.4, 0.5) is 6.01 Å². The zero-order valence-electron chi connectivity index (χ0n) is 14.5. The molecule has 8 nitrogen and oxygen atoms in total. The number of pyridine rings is 1. The van der Waals surface area contributed by atoms with Gasteiger partial charge in [-0.3, -0.25) is 4.98 Å². The van der Waals surface area contributed by atoms with Crippen molar-refractivity contribution in [3.63, 3.8) is 0 Å². The molecule has 0 amide bonds. The number of hydrazone groups is 1. The largest absolute Gasteiger partial charge is 0.342 e. The normalized spacial score (nSPS) is 11.2. The predicted molar refractivity (Wildman–Crippen MR) is 107 cm³/mol. The van der Waals surface area contributed by atoms with E-state index in [1.807, 2.05) is 19.1 Å². The van der Waals surface area contributed by atoms with Crippen molar-refractivity contribution < 1.29 is 4.52 Å². The van der Waals surface area contributed by atoms with Crippen LogP contribution in [0.15, 0.2) is 58.4 Å². The molecule has 0 aliphatic rings. The maximum Gasteiger partial charge on any atom is 0.342 e. The van der Waals surface area contributed by atoms with Crippen molar-refractivity contribution >= 4 is 35.4 Å².